The van der Waals surface area contributed by atoms with E-state index in [1.165, 1.54) is 14.7 Å². The fourth-order valence-corrected chi connectivity index (χ4v) is 1.98. The zero-order chi connectivity index (χ0) is 9.26. The van der Waals surface area contributed by atoms with Crippen LogP contribution in [-0.2, 0) is 0 Å². The molecule has 1 aromatic heterocycles. The molecule has 0 spiro atoms. The summed E-state index contributed by atoms with van der Waals surface area (Å²) in [5.74, 6) is 0.939. The first-order valence-corrected chi connectivity index (χ1v) is 5.15. The Morgan fingerprint density at radius 3 is 2.69 bits per heavy atom. The molecular formula is C11H9IO. The standard InChI is InChI=1S/C11H9IO/c1-8-7-9(12)4-5-10(8)11-3-2-6-13-11/h2-7H,1H3. The van der Waals surface area contributed by atoms with Gasteiger partial charge < -0.3 is 4.42 Å². The number of hydrogen-bond acceptors (Lipinski definition) is 1. The molecule has 0 saturated carbocycles. The van der Waals surface area contributed by atoms with Crippen molar-refractivity contribution in [2.24, 2.45) is 0 Å². The Labute approximate surface area is 90.9 Å². The van der Waals surface area contributed by atoms with Crippen LogP contribution in [-0.4, -0.2) is 0 Å². The molecule has 0 aliphatic heterocycles. The highest BCUT2D eigenvalue weighted by atomic mass is 127. The third kappa shape index (κ3) is 1.77. The molecule has 2 rings (SSSR count). The lowest BCUT2D eigenvalue weighted by atomic mass is 10.1. The van der Waals surface area contributed by atoms with Crippen LogP contribution in [0.2, 0.25) is 0 Å². The van der Waals surface area contributed by atoms with Crippen LogP contribution in [0.5, 0.6) is 0 Å². The van der Waals surface area contributed by atoms with E-state index in [4.69, 9.17) is 4.42 Å². The molecule has 0 saturated heterocycles. The van der Waals surface area contributed by atoms with Crippen LogP contribution < -0.4 is 0 Å². The number of aryl methyl sites for hydroxylation is 1. The molecule has 0 bridgehead atoms. The first-order valence-electron chi connectivity index (χ1n) is 4.07. The molecule has 66 valence electrons. The van der Waals surface area contributed by atoms with Gasteiger partial charge in [0, 0.05) is 9.13 Å². The summed E-state index contributed by atoms with van der Waals surface area (Å²) in [4.78, 5) is 0. The average molecular weight is 284 g/mol. The molecule has 1 nitrogen and oxygen atoms in total. The summed E-state index contributed by atoms with van der Waals surface area (Å²) in [6.07, 6.45) is 1.70. The lowest BCUT2D eigenvalue weighted by molar-refractivity contribution is 0.582. The quantitative estimate of drug-likeness (QED) is 0.725. The smallest absolute Gasteiger partial charge is 0.134 e. The van der Waals surface area contributed by atoms with E-state index in [1.54, 1.807) is 6.26 Å². The van der Waals surface area contributed by atoms with Crippen LogP contribution in [0, 0.1) is 10.5 Å². The van der Waals surface area contributed by atoms with Gasteiger partial charge >= 0.3 is 0 Å². The maximum atomic E-state index is 5.34. The van der Waals surface area contributed by atoms with E-state index in [9.17, 15) is 0 Å². The SMILES string of the molecule is Cc1cc(I)ccc1-c1ccco1. The molecule has 1 aromatic carbocycles. The van der Waals surface area contributed by atoms with E-state index in [2.05, 4.69) is 47.7 Å². The Morgan fingerprint density at radius 1 is 1.23 bits per heavy atom. The third-order valence-corrected chi connectivity index (χ3v) is 2.65. The summed E-state index contributed by atoms with van der Waals surface area (Å²) in [5, 5.41) is 0. The average Bonchev–Trinajstić information content (AvgIpc) is 2.56. The molecule has 0 aliphatic rings. The van der Waals surface area contributed by atoms with Crippen molar-refractivity contribution in [3.63, 3.8) is 0 Å². The summed E-state index contributed by atoms with van der Waals surface area (Å²) < 4.78 is 6.59. The topological polar surface area (TPSA) is 13.1 Å². The third-order valence-electron chi connectivity index (χ3n) is 1.98. The van der Waals surface area contributed by atoms with Crippen LogP contribution in [0.1, 0.15) is 5.56 Å². The van der Waals surface area contributed by atoms with Gasteiger partial charge in [-0.25, -0.2) is 0 Å². The van der Waals surface area contributed by atoms with Gasteiger partial charge in [-0.3, -0.25) is 0 Å². The van der Waals surface area contributed by atoms with Gasteiger partial charge in [-0.2, -0.15) is 0 Å². The Hall–Kier alpha value is -0.770. The summed E-state index contributed by atoms with van der Waals surface area (Å²) in [5.41, 5.74) is 2.42. The maximum Gasteiger partial charge on any atom is 0.134 e. The Bertz CT molecular complexity index is 404. The minimum atomic E-state index is 0.939. The van der Waals surface area contributed by atoms with Gasteiger partial charge in [-0.15, -0.1) is 0 Å². The van der Waals surface area contributed by atoms with E-state index in [0.29, 0.717) is 0 Å². The van der Waals surface area contributed by atoms with Crippen molar-refractivity contribution in [1.29, 1.82) is 0 Å². The summed E-state index contributed by atoms with van der Waals surface area (Å²) in [6, 6.07) is 10.2. The van der Waals surface area contributed by atoms with Crippen molar-refractivity contribution in [2.45, 2.75) is 6.92 Å². The maximum absolute atomic E-state index is 5.34. The lowest BCUT2D eigenvalue weighted by Gasteiger charge is -2.02. The van der Waals surface area contributed by atoms with Gasteiger partial charge in [0.25, 0.3) is 0 Å². The van der Waals surface area contributed by atoms with E-state index in [-0.39, 0.29) is 0 Å². The molecule has 2 aromatic rings. The first-order chi connectivity index (χ1) is 6.27. The Kier molecular flexibility index (Phi) is 2.40. The Morgan fingerprint density at radius 2 is 2.08 bits per heavy atom. The van der Waals surface area contributed by atoms with Gasteiger partial charge in [-0.1, -0.05) is 0 Å². The number of hydrogen-bond donors (Lipinski definition) is 0. The van der Waals surface area contributed by atoms with Gasteiger partial charge in [0.1, 0.15) is 5.76 Å². The minimum absolute atomic E-state index is 0.939. The van der Waals surface area contributed by atoms with Gasteiger partial charge in [0.2, 0.25) is 0 Å². The van der Waals surface area contributed by atoms with Gasteiger partial charge in [-0.05, 0) is 65.4 Å². The molecule has 1 heterocycles. The highest BCUT2D eigenvalue weighted by Gasteiger charge is 2.03. The number of halogens is 1. The summed E-state index contributed by atoms with van der Waals surface area (Å²) >= 11 is 2.31. The van der Waals surface area contributed by atoms with E-state index in [0.717, 1.165) is 5.76 Å². The highest BCUT2D eigenvalue weighted by molar-refractivity contribution is 14.1. The monoisotopic (exact) mass is 284 g/mol. The Balaban J connectivity index is 2.53. The zero-order valence-electron chi connectivity index (χ0n) is 7.25. The second-order valence-corrected chi connectivity index (χ2v) is 4.18. The van der Waals surface area contributed by atoms with Crippen LogP contribution in [0.4, 0.5) is 0 Å². The largest absolute Gasteiger partial charge is 0.464 e. The van der Waals surface area contributed by atoms with Crippen LogP contribution >= 0.6 is 22.6 Å². The van der Waals surface area contributed by atoms with Gasteiger partial charge in [0.15, 0.2) is 0 Å². The van der Waals surface area contributed by atoms with Crippen molar-refractivity contribution >= 4 is 22.6 Å². The van der Waals surface area contributed by atoms with E-state index >= 15 is 0 Å². The fraction of sp³-hybridized carbons (Fsp3) is 0.0909. The highest BCUT2D eigenvalue weighted by Crippen LogP contribution is 2.24. The van der Waals surface area contributed by atoms with Crippen LogP contribution in [0.15, 0.2) is 41.0 Å². The molecule has 2 heteroatoms. The molecule has 0 atom stereocenters. The van der Waals surface area contributed by atoms with Crippen LogP contribution in [0.3, 0.4) is 0 Å². The van der Waals surface area contributed by atoms with Crippen molar-refractivity contribution in [3.8, 4) is 11.3 Å². The number of rotatable bonds is 1. The normalized spacial score (nSPS) is 10.3. The van der Waals surface area contributed by atoms with E-state index < -0.39 is 0 Å². The van der Waals surface area contributed by atoms with Crippen LogP contribution in [0.25, 0.3) is 11.3 Å². The predicted octanol–water partition coefficient (Wildman–Crippen LogP) is 3.86. The predicted molar refractivity (Wildman–Crippen MR) is 61.6 cm³/mol. The summed E-state index contributed by atoms with van der Waals surface area (Å²) in [6.45, 7) is 2.10. The number of benzene rings is 1. The first kappa shape index (κ1) is 8.81. The second kappa shape index (κ2) is 3.54. The second-order valence-electron chi connectivity index (χ2n) is 2.94. The molecule has 0 unspecified atom stereocenters. The van der Waals surface area contributed by atoms with Gasteiger partial charge in [0.05, 0.1) is 6.26 Å². The summed E-state index contributed by atoms with van der Waals surface area (Å²) in [7, 11) is 0. The molecule has 0 amide bonds. The van der Waals surface area contributed by atoms with Crippen molar-refractivity contribution in [1.82, 2.24) is 0 Å². The van der Waals surface area contributed by atoms with Crippen molar-refractivity contribution in [3.05, 3.63) is 45.7 Å². The minimum Gasteiger partial charge on any atom is -0.464 e. The molecular weight excluding hydrogens is 275 g/mol. The molecule has 0 radical (unpaired) electrons. The molecule has 0 N–H and O–H groups in total. The molecule has 13 heavy (non-hydrogen) atoms. The lowest BCUT2D eigenvalue weighted by Crippen LogP contribution is -1.81. The number of furan rings is 1. The van der Waals surface area contributed by atoms with Crippen molar-refractivity contribution < 1.29 is 4.42 Å². The molecule has 0 fully saturated rings. The fourth-order valence-electron chi connectivity index (χ4n) is 1.34. The van der Waals surface area contributed by atoms with E-state index in [1.807, 2.05) is 12.1 Å². The zero-order valence-corrected chi connectivity index (χ0v) is 9.41. The van der Waals surface area contributed by atoms with Crippen molar-refractivity contribution in [2.75, 3.05) is 0 Å². The molecule has 0 aliphatic carbocycles.